The van der Waals surface area contributed by atoms with Crippen LogP contribution in [0.1, 0.15) is 10.4 Å². The SMILES string of the molecule is O=C(CSc1ccccc1[N+](=O)[O-])c1ccc(F)c(F)c1. The van der Waals surface area contributed by atoms with Gasteiger partial charge in [-0.2, -0.15) is 0 Å². The molecule has 0 saturated heterocycles. The number of hydrogen-bond donors (Lipinski definition) is 0. The molecule has 0 radical (unpaired) electrons. The number of rotatable bonds is 5. The van der Waals surface area contributed by atoms with Crippen LogP contribution in [0.15, 0.2) is 47.4 Å². The Morgan fingerprint density at radius 3 is 2.52 bits per heavy atom. The van der Waals surface area contributed by atoms with Gasteiger partial charge >= 0.3 is 0 Å². The van der Waals surface area contributed by atoms with Gasteiger partial charge in [-0.25, -0.2) is 8.78 Å². The average molecular weight is 309 g/mol. The number of nitrogens with zero attached hydrogens (tertiary/aromatic N) is 1. The number of carbonyl (C=O) groups is 1. The van der Waals surface area contributed by atoms with E-state index in [9.17, 15) is 23.7 Å². The lowest BCUT2D eigenvalue weighted by atomic mass is 10.1. The molecule has 0 aliphatic carbocycles. The quantitative estimate of drug-likeness (QED) is 0.364. The summed E-state index contributed by atoms with van der Waals surface area (Å²) in [7, 11) is 0. The number of nitro benzene ring substituents is 1. The van der Waals surface area contributed by atoms with Gasteiger partial charge in [0.2, 0.25) is 0 Å². The maximum absolute atomic E-state index is 13.0. The second-order valence-corrected chi connectivity index (χ2v) is 5.08. The Kier molecular flexibility index (Phi) is 4.64. The number of halogens is 2. The van der Waals surface area contributed by atoms with E-state index in [1.165, 1.54) is 24.3 Å². The molecule has 0 saturated carbocycles. The summed E-state index contributed by atoms with van der Waals surface area (Å²) in [5.41, 5.74) is -0.0689. The third kappa shape index (κ3) is 3.63. The lowest BCUT2D eigenvalue weighted by Gasteiger charge is -2.03. The van der Waals surface area contributed by atoms with Crippen molar-refractivity contribution >= 4 is 23.2 Å². The number of hydrogen-bond acceptors (Lipinski definition) is 4. The highest BCUT2D eigenvalue weighted by Crippen LogP contribution is 2.29. The van der Waals surface area contributed by atoms with Crippen LogP contribution in [-0.2, 0) is 0 Å². The fraction of sp³-hybridized carbons (Fsp3) is 0.0714. The second kappa shape index (κ2) is 6.45. The molecule has 7 heteroatoms. The van der Waals surface area contributed by atoms with Crippen LogP contribution in [-0.4, -0.2) is 16.5 Å². The van der Waals surface area contributed by atoms with Crippen molar-refractivity contribution in [2.75, 3.05) is 5.75 Å². The largest absolute Gasteiger partial charge is 0.293 e. The van der Waals surface area contributed by atoms with Crippen LogP contribution in [0.25, 0.3) is 0 Å². The van der Waals surface area contributed by atoms with E-state index in [-0.39, 0.29) is 17.0 Å². The molecule has 2 aromatic rings. The molecule has 4 nitrogen and oxygen atoms in total. The first kappa shape index (κ1) is 15.1. The first-order valence-corrected chi connectivity index (χ1v) is 6.82. The molecule has 0 fully saturated rings. The lowest BCUT2D eigenvalue weighted by molar-refractivity contribution is -0.387. The van der Waals surface area contributed by atoms with Crippen molar-refractivity contribution in [2.24, 2.45) is 0 Å². The smallest absolute Gasteiger partial charge is 0.282 e. The van der Waals surface area contributed by atoms with E-state index in [4.69, 9.17) is 0 Å². The van der Waals surface area contributed by atoms with Gasteiger partial charge in [0.1, 0.15) is 0 Å². The molecule has 0 spiro atoms. The van der Waals surface area contributed by atoms with Crippen LogP contribution in [0.2, 0.25) is 0 Å². The molecule has 0 aliphatic rings. The van der Waals surface area contributed by atoms with Crippen LogP contribution in [0.5, 0.6) is 0 Å². The zero-order valence-electron chi connectivity index (χ0n) is 10.6. The van der Waals surface area contributed by atoms with E-state index >= 15 is 0 Å². The van der Waals surface area contributed by atoms with Gasteiger partial charge in [0, 0.05) is 11.6 Å². The molecule has 21 heavy (non-hydrogen) atoms. The molecule has 0 atom stereocenters. The van der Waals surface area contributed by atoms with E-state index in [2.05, 4.69) is 0 Å². The van der Waals surface area contributed by atoms with Gasteiger partial charge in [-0.15, -0.1) is 11.8 Å². The first-order valence-electron chi connectivity index (χ1n) is 5.83. The summed E-state index contributed by atoms with van der Waals surface area (Å²) in [6, 6.07) is 8.89. The van der Waals surface area contributed by atoms with Gasteiger partial charge in [-0.05, 0) is 24.3 Å². The lowest BCUT2D eigenvalue weighted by Crippen LogP contribution is -2.04. The van der Waals surface area contributed by atoms with Crippen LogP contribution >= 0.6 is 11.8 Å². The minimum Gasteiger partial charge on any atom is -0.293 e. The normalized spacial score (nSPS) is 10.4. The molecule has 2 aromatic carbocycles. The molecule has 0 unspecified atom stereocenters. The molecule has 2 rings (SSSR count). The van der Waals surface area contributed by atoms with Crippen LogP contribution in [0, 0.1) is 21.7 Å². The molecule has 0 aromatic heterocycles. The summed E-state index contributed by atoms with van der Waals surface area (Å²) in [5, 5.41) is 10.8. The standard InChI is InChI=1S/C14H9F2NO3S/c15-10-6-5-9(7-11(10)16)13(18)8-21-14-4-2-1-3-12(14)17(19)20/h1-7H,8H2. The van der Waals surface area contributed by atoms with E-state index in [1.807, 2.05) is 0 Å². The predicted molar refractivity (Wildman–Crippen MR) is 74.5 cm³/mol. The van der Waals surface area contributed by atoms with Gasteiger partial charge in [-0.3, -0.25) is 14.9 Å². The molecule has 0 bridgehead atoms. The Balaban J connectivity index is 2.11. The summed E-state index contributed by atoms with van der Waals surface area (Å²) < 4.78 is 25.8. The molecule has 0 N–H and O–H groups in total. The summed E-state index contributed by atoms with van der Waals surface area (Å²) in [4.78, 5) is 22.5. The summed E-state index contributed by atoms with van der Waals surface area (Å²) >= 11 is 0.981. The van der Waals surface area contributed by atoms with Crippen LogP contribution in [0.3, 0.4) is 0 Å². The minimum atomic E-state index is -1.10. The van der Waals surface area contributed by atoms with Crippen molar-refractivity contribution in [1.29, 1.82) is 0 Å². The summed E-state index contributed by atoms with van der Waals surface area (Å²) in [5.74, 6) is -2.66. The van der Waals surface area contributed by atoms with Crippen molar-refractivity contribution in [1.82, 2.24) is 0 Å². The summed E-state index contributed by atoms with van der Waals surface area (Å²) in [6.45, 7) is 0. The molecule has 0 aliphatic heterocycles. The topological polar surface area (TPSA) is 60.2 Å². The molecular formula is C14H9F2NO3S. The maximum atomic E-state index is 13.0. The van der Waals surface area contributed by atoms with Crippen LogP contribution < -0.4 is 0 Å². The van der Waals surface area contributed by atoms with Crippen molar-refractivity contribution in [3.8, 4) is 0 Å². The van der Waals surface area contributed by atoms with Crippen molar-refractivity contribution in [3.05, 3.63) is 69.8 Å². The monoisotopic (exact) mass is 309 g/mol. The Morgan fingerprint density at radius 1 is 1.14 bits per heavy atom. The van der Waals surface area contributed by atoms with Gasteiger partial charge in [-0.1, -0.05) is 12.1 Å². The predicted octanol–water partition coefficient (Wildman–Crippen LogP) is 3.85. The Hall–Kier alpha value is -2.28. The summed E-state index contributed by atoms with van der Waals surface area (Å²) in [6.07, 6.45) is 0. The maximum Gasteiger partial charge on any atom is 0.282 e. The second-order valence-electron chi connectivity index (χ2n) is 4.07. The number of benzene rings is 2. The van der Waals surface area contributed by atoms with Crippen molar-refractivity contribution < 1.29 is 18.5 Å². The fourth-order valence-corrected chi connectivity index (χ4v) is 2.54. The first-order chi connectivity index (χ1) is 9.99. The third-order valence-electron chi connectivity index (χ3n) is 2.66. The van der Waals surface area contributed by atoms with Crippen molar-refractivity contribution in [2.45, 2.75) is 4.90 Å². The highest BCUT2D eigenvalue weighted by Gasteiger charge is 2.15. The molecule has 108 valence electrons. The van der Waals surface area contributed by atoms with E-state index < -0.39 is 22.3 Å². The minimum absolute atomic E-state index is 0.0278. The van der Waals surface area contributed by atoms with Crippen LogP contribution in [0.4, 0.5) is 14.5 Å². The number of nitro groups is 1. The average Bonchev–Trinajstić information content (AvgIpc) is 2.47. The highest BCUT2D eigenvalue weighted by atomic mass is 32.2. The Labute approximate surface area is 122 Å². The van der Waals surface area contributed by atoms with E-state index in [0.717, 1.165) is 23.9 Å². The Bertz CT molecular complexity index is 706. The van der Waals surface area contributed by atoms with E-state index in [0.29, 0.717) is 4.90 Å². The molecule has 0 heterocycles. The zero-order valence-corrected chi connectivity index (χ0v) is 11.4. The van der Waals surface area contributed by atoms with Gasteiger partial charge < -0.3 is 0 Å². The highest BCUT2D eigenvalue weighted by molar-refractivity contribution is 8.00. The third-order valence-corrected chi connectivity index (χ3v) is 3.73. The van der Waals surface area contributed by atoms with Crippen molar-refractivity contribution in [3.63, 3.8) is 0 Å². The fourth-order valence-electron chi connectivity index (χ4n) is 1.63. The van der Waals surface area contributed by atoms with Gasteiger partial charge in [0.05, 0.1) is 15.6 Å². The van der Waals surface area contributed by atoms with Gasteiger partial charge in [0.25, 0.3) is 5.69 Å². The van der Waals surface area contributed by atoms with E-state index in [1.54, 1.807) is 6.07 Å². The molecular weight excluding hydrogens is 300 g/mol. The zero-order chi connectivity index (χ0) is 15.4. The number of ketones is 1. The number of para-hydroxylation sites is 1. The molecule has 0 amide bonds. The number of carbonyl (C=O) groups excluding carboxylic acids is 1. The van der Waals surface area contributed by atoms with Gasteiger partial charge in [0.15, 0.2) is 17.4 Å². The number of thioether (sulfide) groups is 1. The number of Topliss-reactive ketones (excluding diaryl/α,β-unsaturated/α-hetero) is 1. The Morgan fingerprint density at radius 2 is 1.86 bits per heavy atom.